The summed E-state index contributed by atoms with van der Waals surface area (Å²) in [4.78, 5) is 0. The van der Waals surface area contributed by atoms with Crippen molar-refractivity contribution in [1.29, 1.82) is 0 Å². The monoisotopic (exact) mass is 227 g/mol. The molecule has 1 N–H and O–H groups in total. The zero-order chi connectivity index (χ0) is 9.80. The van der Waals surface area contributed by atoms with Crippen LogP contribution in [0.5, 0.6) is 0 Å². The Hall–Kier alpha value is -0.340. The molecule has 2 rings (SSSR count). The summed E-state index contributed by atoms with van der Waals surface area (Å²) < 4.78 is 0. The second-order valence-electron chi connectivity index (χ2n) is 3.57. The highest BCUT2D eigenvalue weighted by molar-refractivity contribution is 7.99. The molecule has 1 heterocycles. The Labute approximate surface area is 94.2 Å². The highest BCUT2D eigenvalue weighted by Crippen LogP contribution is 2.22. The van der Waals surface area contributed by atoms with E-state index in [1.165, 1.54) is 24.3 Å². The summed E-state index contributed by atoms with van der Waals surface area (Å²) in [5.41, 5.74) is 1.14. The molecule has 3 heteroatoms. The third kappa shape index (κ3) is 2.82. The fraction of sp³-hybridized carbons (Fsp3) is 0.455. The summed E-state index contributed by atoms with van der Waals surface area (Å²) in [7, 11) is 0. The van der Waals surface area contributed by atoms with Crippen molar-refractivity contribution in [3.8, 4) is 0 Å². The van der Waals surface area contributed by atoms with Gasteiger partial charge in [-0.1, -0.05) is 17.7 Å². The van der Waals surface area contributed by atoms with Crippen LogP contribution >= 0.6 is 23.4 Å². The number of halogens is 1. The largest absolute Gasteiger partial charge is 0.381 e. The number of hydrogen-bond donors (Lipinski definition) is 1. The zero-order valence-electron chi connectivity index (χ0n) is 8.00. The van der Waals surface area contributed by atoms with E-state index >= 15 is 0 Å². The van der Waals surface area contributed by atoms with Gasteiger partial charge in [-0.2, -0.15) is 11.8 Å². The van der Waals surface area contributed by atoms with E-state index in [1.54, 1.807) is 0 Å². The molecule has 14 heavy (non-hydrogen) atoms. The van der Waals surface area contributed by atoms with Crippen molar-refractivity contribution in [2.45, 2.75) is 18.9 Å². The number of thioether (sulfide) groups is 1. The minimum absolute atomic E-state index is 0.618. The molecule has 0 unspecified atom stereocenters. The standard InChI is InChI=1S/C11H14ClNS/c12-9-3-1-4-10(7-9)13-11-5-2-6-14-8-11/h1,3-4,7,11,13H,2,5-6,8H2/t11-/m0/s1. The average molecular weight is 228 g/mol. The van der Waals surface area contributed by atoms with E-state index < -0.39 is 0 Å². The fourth-order valence-electron chi connectivity index (χ4n) is 1.67. The van der Waals surface area contributed by atoms with Crippen molar-refractivity contribution in [2.24, 2.45) is 0 Å². The molecule has 0 saturated carbocycles. The van der Waals surface area contributed by atoms with Gasteiger partial charge in [-0.25, -0.2) is 0 Å². The molecule has 1 saturated heterocycles. The summed E-state index contributed by atoms with van der Waals surface area (Å²) in [5.74, 6) is 2.53. The number of anilines is 1. The third-order valence-corrected chi connectivity index (χ3v) is 3.81. The molecule has 1 aliphatic heterocycles. The van der Waals surface area contributed by atoms with Crippen LogP contribution in [0.4, 0.5) is 5.69 Å². The second kappa shape index (κ2) is 4.94. The van der Waals surface area contributed by atoms with Crippen molar-refractivity contribution < 1.29 is 0 Å². The molecule has 1 atom stereocenters. The quantitative estimate of drug-likeness (QED) is 0.828. The van der Waals surface area contributed by atoms with Gasteiger partial charge in [-0.15, -0.1) is 0 Å². The molecule has 0 aliphatic carbocycles. The Morgan fingerprint density at radius 1 is 1.43 bits per heavy atom. The number of rotatable bonds is 2. The molecule has 0 radical (unpaired) electrons. The first-order valence-electron chi connectivity index (χ1n) is 4.94. The van der Waals surface area contributed by atoms with Crippen LogP contribution in [-0.2, 0) is 0 Å². The van der Waals surface area contributed by atoms with Crippen LogP contribution in [0.1, 0.15) is 12.8 Å². The van der Waals surface area contributed by atoms with Crippen LogP contribution < -0.4 is 5.32 Å². The van der Waals surface area contributed by atoms with Crippen LogP contribution in [0.25, 0.3) is 0 Å². The van der Waals surface area contributed by atoms with Gasteiger partial charge in [0.05, 0.1) is 0 Å². The molecular weight excluding hydrogens is 214 g/mol. The Balaban J connectivity index is 1.95. The molecule has 0 spiro atoms. The van der Waals surface area contributed by atoms with Crippen LogP contribution in [0.3, 0.4) is 0 Å². The van der Waals surface area contributed by atoms with Crippen LogP contribution in [0.15, 0.2) is 24.3 Å². The molecular formula is C11H14ClNS. The molecule has 0 bridgehead atoms. The van der Waals surface area contributed by atoms with Crippen LogP contribution in [0, 0.1) is 0 Å². The maximum atomic E-state index is 5.92. The molecule has 76 valence electrons. The van der Waals surface area contributed by atoms with Crippen molar-refractivity contribution in [3.05, 3.63) is 29.3 Å². The van der Waals surface area contributed by atoms with E-state index in [1.807, 2.05) is 30.0 Å². The van der Waals surface area contributed by atoms with E-state index in [2.05, 4.69) is 11.4 Å². The normalized spacial score (nSPS) is 21.9. The summed E-state index contributed by atoms with van der Waals surface area (Å²) in [6, 6.07) is 8.57. The van der Waals surface area contributed by atoms with Gasteiger partial charge >= 0.3 is 0 Å². The van der Waals surface area contributed by atoms with Gasteiger partial charge in [0.15, 0.2) is 0 Å². The number of nitrogens with one attached hydrogen (secondary N) is 1. The lowest BCUT2D eigenvalue weighted by atomic mass is 10.2. The van der Waals surface area contributed by atoms with E-state index in [0.717, 1.165) is 10.7 Å². The molecule has 0 amide bonds. The minimum Gasteiger partial charge on any atom is -0.381 e. The SMILES string of the molecule is Clc1cccc(N[C@H]2CCCSC2)c1. The van der Waals surface area contributed by atoms with Gasteiger partial charge in [0.1, 0.15) is 0 Å². The molecule has 1 aromatic rings. The topological polar surface area (TPSA) is 12.0 Å². The zero-order valence-corrected chi connectivity index (χ0v) is 9.57. The molecule has 1 fully saturated rings. The molecule has 0 aromatic heterocycles. The van der Waals surface area contributed by atoms with Gasteiger partial charge in [0, 0.05) is 22.5 Å². The van der Waals surface area contributed by atoms with Crippen LogP contribution in [-0.4, -0.2) is 17.5 Å². The molecule has 1 nitrogen and oxygen atoms in total. The van der Waals surface area contributed by atoms with Gasteiger partial charge in [-0.3, -0.25) is 0 Å². The Bertz CT molecular complexity index is 297. The molecule has 1 aromatic carbocycles. The van der Waals surface area contributed by atoms with E-state index in [0.29, 0.717) is 6.04 Å². The van der Waals surface area contributed by atoms with Gasteiger partial charge < -0.3 is 5.32 Å². The Kier molecular flexibility index (Phi) is 3.60. The first kappa shape index (κ1) is 10.2. The minimum atomic E-state index is 0.618. The smallest absolute Gasteiger partial charge is 0.0426 e. The fourth-order valence-corrected chi connectivity index (χ4v) is 2.93. The van der Waals surface area contributed by atoms with E-state index in [4.69, 9.17) is 11.6 Å². The maximum absolute atomic E-state index is 5.92. The highest BCUT2D eigenvalue weighted by atomic mass is 35.5. The highest BCUT2D eigenvalue weighted by Gasteiger charge is 2.12. The van der Waals surface area contributed by atoms with Gasteiger partial charge in [0.25, 0.3) is 0 Å². The number of hydrogen-bond acceptors (Lipinski definition) is 2. The second-order valence-corrected chi connectivity index (χ2v) is 5.16. The van der Waals surface area contributed by atoms with E-state index in [-0.39, 0.29) is 0 Å². The van der Waals surface area contributed by atoms with Crippen molar-refractivity contribution in [2.75, 3.05) is 16.8 Å². The summed E-state index contributed by atoms with van der Waals surface area (Å²) in [6.45, 7) is 0. The summed E-state index contributed by atoms with van der Waals surface area (Å²) >= 11 is 7.95. The average Bonchev–Trinajstić information content (AvgIpc) is 2.19. The molecule has 1 aliphatic rings. The van der Waals surface area contributed by atoms with Crippen molar-refractivity contribution >= 4 is 29.1 Å². The summed E-state index contributed by atoms with van der Waals surface area (Å²) in [5, 5.41) is 4.32. The lowest BCUT2D eigenvalue weighted by molar-refractivity contribution is 0.685. The Morgan fingerprint density at radius 3 is 3.07 bits per heavy atom. The predicted molar refractivity (Wildman–Crippen MR) is 65.4 cm³/mol. The predicted octanol–water partition coefficient (Wildman–Crippen LogP) is 3.65. The number of benzene rings is 1. The maximum Gasteiger partial charge on any atom is 0.0426 e. The Morgan fingerprint density at radius 2 is 2.36 bits per heavy atom. The lowest BCUT2D eigenvalue weighted by Crippen LogP contribution is -2.25. The first-order chi connectivity index (χ1) is 6.84. The third-order valence-electron chi connectivity index (χ3n) is 2.36. The summed E-state index contributed by atoms with van der Waals surface area (Å²) in [6.07, 6.45) is 2.60. The van der Waals surface area contributed by atoms with Gasteiger partial charge in [-0.05, 0) is 36.8 Å². The van der Waals surface area contributed by atoms with Gasteiger partial charge in [0.2, 0.25) is 0 Å². The van der Waals surface area contributed by atoms with E-state index in [9.17, 15) is 0 Å². The lowest BCUT2D eigenvalue weighted by Gasteiger charge is -2.23. The van der Waals surface area contributed by atoms with Crippen molar-refractivity contribution in [3.63, 3.8) is 0 Å². The first-order valence-corrected chi connectivity index (χ1v) is 6.48. The van der Waals surface area contributed by atoms with Crippen LogP contribution in [0.2, 0.25) is 5.02 Å². The van der Waals surface area contributed by atoms with Crippen molar-refractivity contribution in [1.82, 2.24) is 0 Å².